The fraction of sp³-hybridized carbons (Fsp3) is 0.529. The molecule has 2 atom stereocenters. The zero-order valence-corrected chi connectivity index (χ0v) is 14.5. The Labute approximate surface area is 146 Å². The van der Waals surface area contributed by atoms with Crippen LogP contribution in [0.1, 0.15) is 23.3 Å². The van der Waals surface area contributed by atoms with Gasteiger partial charge in [0.15, 0.2) is 5.82 Å². The van der Waals surface area contributed by atoms with Gasteiger partial charge in [0.25, 0.3) is 0 Å². The van der Waals surface area contributed by atoms with Crippen LogP contribution in [0.2, 0.25) is 0 Å². The first kappa shape index (κ1) is 17.9. The van der Waals surface area contributed by atoms with E-state index in [1.807, 2.05) is 19.2 Å². The van der Waals surface area contributed by atoms with Crippen LogP contribution in [0.15, 0.2) is 28.8 Å². The summed E-state index contributed by atoms with van der Waals surface area (Å²) in [5, 5.41) is 3.96. The second-order valence-electron chi connectivity index (χ2n) is 6.36. The van der Waals surface area contributed by atoms with Crippen LogP contribution in [0.3, 0.4) is 0 Å². The molecule has 2 N–H and O–H groups in total. The molecule has 0 aliphatic carbocycles. The van der Waals surface area contributed by atoms with Gasteiger partial charge in [-0.3, -0.25) is 10.3 Å². The quantitative estimate of drug-likeness (QED) is 0.744. The molecule has 136 valence electrons. The van der Waals surface area contributed by atoms with Crippen LogP contribution in [0, 0.1) is 11.7 Å². The number of hydrazine groups is 1. The summed E-state index contributed by atoms with van der Waals surface area (Å²) in [4.78, 5) is 6.53. The number of aromatic nitrogens is 2. The summed E-state index contributed by atoms with van der Waals surface area (Å²) < 4.78 is 23.4. The molecule has 7 nitrogen and oxygen atoms in total. The Morgan fingerprint density at radius 3 is 2.92 bits per heavy atom. The molecule has 1 fully saturated rings. The molecular formula is C17H24FN5O2. The zero-order chi connectivity index (χ0) is 17.6. The molecule has 0 bridgehead atoms. The van der Waals surface area contributed by atoms with Crippen molar-refractivity contribution in [1.29, 1.82) is 0 Å². The molecule has 0 radical (unpaired) electrons. The second kappa shape index (κ2) is 8.48. The molecule has 0 amide bonds. The van der Waals surface area contributed by atoms with Crippen LogP contribution in [0.25, 0.3) is 0 Å². The maximum Gasteiger partial charge on any atom is 0.240 e. The average molecular weight is 349 g/mol. The largest absolute Gasteiger partial charge is 0.384 e. The first-order valence-corrected chi connectivity index (χ1v) is 8.38. The molecule has 1 aliphatic rings. The molecular weight excluding hydrogens is 325 g/mol. The van der Waals surface area contributed by atoms with Crippen LogP contribution in [0.5, 0.6) is 0 Å². The minimum Gasteiger partial charge on any atom is -0.384 e. The molecule has 8 heteroatoms. The Balaban J connectivity index is 1.55. The van der Waals surface area contributed by atoms with Gasteiger partial charge in [0.1, 0.15) is 5.82 Å². The normalized spacial score (nSPS) is 20.5. The molecule has 1 aromatic heterocycles. The highest BCUT2D eigenvalue weighted by atomic mass is 19.1. The Kier molecular flexibility index (Phi) is 6.09. The van der Waals surface area contributed by atoms with Crippen molar-refractivity contribution < 1.29 is 13.7 Å². The van der Waals surface area contributed by atoms with Crippen LogP contribution in [-0.4, -0.2) is 48.9 Å². The van der Waals surface area contributed by atoms with E-state index in [1.54, 1.807) is 7.11 Å². The molecule has 0 saturated carbocycles. The first-order chi connectivity index (χ1) is 12.2. The first-order valence-electron chi connectivity index (χ1n) is 8.38. The van der Waals surface area contributed by atoms with Gasteiger partial charge >= 0.3 is 0 Å². The third-order valence-electron chi connectivity index (χ3n) is 4.31. The summed E-state index contributed by atoms with van der Waals surface area (Å²) in [6.07, 6.45) is 0.646. The van der Waals surface area contributed by atoms with Crippen molar-refractivity contribution >= 4 is 0 Å². The van der Waals surface area contributed by atoms with Gasteiger partial charge in [-0.15, -0.1) is 0 Å². The summed E-state index contributed by atoms with van der Waals surface area (Å²) in [7, 11) is 3.68. The number of hydrogen-bond donors (Lipinski definition) is 2. The standard InChI is InChI=1S/C17H24FN5O2/c1-23(11-16-20-15(22-25-16)7-8-24-2)10-13-9-19-21-17(13)12-3-5-14(18)6-4-12/h3-6,13,17,19,21H,7-11H2,1-2H3. The summed E-state index contributed by atoms with van der Waals surface area (Å²) >= 11 is 0. The van der Waals surface area contributed by atoms with Crippen LogP contribution >= 0.6 is 0 Å². The van der Waals surface area contributed by atoms with Gasteiger partial charge in [-0.1, -0.05) is 17.3 Å². The molecule has 3 rings (SSSR count). The van der Waals surface area contributed by atoms with Gasteiger partial charge < -0.3 is 9.26 Å². The number of benzene rings is 1. The molecule has 1 aromatic carbocycles. The summed E-state index contributed by atoms with van der Waals surface area (Å²) in [5.41, 5.74) is 7.54. The number of rotatable bonds is 8. The van der Waals surface area contributed by atoms with E-state index in [0.717, 1.165) is 18.7 Å². The fourth-order valence-electron chi connectivity index (χ4n) is 3.08. The van der Waals surface area contributed by atoms with Crippen LogP contribution in [0.4, 0.5) is 4.39 Å². The monoisotopic (exact) mass is 349 g/mol. The molecule has 1 aliphatic heterocycles. The van der Waals surface area contributed by atoms with E-state index < -0.39 is 0 Å². The Hall–Kier alpha value is -1.87. The number of halogens is 1. The molecule has 2 aromatic rings. The topological polar surface area (TPSA) is 75.5 Å². The maximum atomic E-state index is 13.1. The van der Waals surface area contributed by atoms with Crippen LogP contribution in [-0.2, 0) is 17.7 Å². The number of nitrogens with zero attached hydrogens (tertiary/aromatic N) is 3. The zero-order valence-electron chi connectivity index (χ0n) is 14.5. The lowest BCUT2D eigenvalue weighted by atomic mass is 9.94. The maximum absolute atomic E-state index is 13.1. The molecule has 1 saturated heterocycles. The van der Waals surface area contributed by atoms with Crippen molar-refractivity contribution in [3.05, 3.63) is 47.4 Å². The number of hydrogen-bond acceptors (Lipinski definition) is 7. The van der Waals surface area contributed by atoms with E-state index in [1.165, 1.54) is 12.1 Å². The predicted molar refractivity (Wildman–Crippen MR) is 90.0 cm³/mol. The number of ether oxygens (including phenoxy) is 1. The third-order valence-corrected chi connectivity index (χ3v) is 4.31. The highest BCUT2D eigenvalue weighted by Gasteiger charge is 2.29. The van der Waals surface area contributed by atoms with E-state index >= 15 is 0 Å². The average Bonchev–Trinajstić information content (AvgIpc) is 3.23. The lowest BCUT2D eigenvalue weighted by Crippen LogP contribution is -2.30. The SMILES string of the molecule is COCCc1noc(CN(C)CC2CNNC2c2ccc(F)cc2)n1. The Bertz CT molecular complexity index is 663. The molecule has 2 heterocycles. The minimum absolute atomic E-state index is 0.142. The molecule has 25 heavy (non-hydrogen) atoms. The van der Waals surface area contributed by atoms with Gasteiger partial charge in [-0.2, -0.15) is 4.98 Å². The predicted octanol–water partition coefficient (Wildman–Crippen LogP) is 1.29. The minimum atomic E-state index is -0.218. The lowest BCUT2D eigenvalue weighted by molar-refractivity contribution is 0.199. The Morgan fingerprint density at radius 1 is 1.36 bits per heavy atom. The molecule has 0 spiro atoms. The van der Waals surface area contributed by atoms with E-state index in [0.29, 0.717) is 37.2 Å². The van der Waals surface area contributed by atoms with Crippen molar-refractivity contribution in [3.63, 3.8) is 0 Å². The van der Waals surface area contributed by atoms with Gasteiger partial charge in [-0.05, 0) is 24.7 Å². The fourth-order valence-corrected chi connectivity index (χ4v) is 3.08. The number of nitrogens with one attached hydrogen (secondary N) is 2. The van der Waals surface area contributed by atoms with Gasteiger partial charge in [0.05, 0.1) is 19.2 Å². The van der Waals surface area contributed by atoms with E-state index in [9.17, 15) is 4.39 Å². The lowest BCUT2D eigenvalue weighted by Gasteiger charge is -2.23. The summed E-state index contributed by atoms with van der Waals surface area (Å²) in [5.74, 6) is 1.40. The van der Waals surface area contributed by atoms with Crippen molar-refractivity contribution in [2.45, 2.75) is 19.0 Å². The van der Waals surface area contributed by atoms with Crippen molar-refractivity contribution in [2.24, 2.45) is 5.92 Å². The number of methoxy groups -OCH3 is 1. The van der Waals surface area contributed by atoms with Gasteiger partial charge in [-0.25, -0.2) is 9.82 Å². The van der Waals surface area contributed by atoms with E-state index in [-0.39, 0.29) is 11.9 Å². The second-order valence-corrected chi connectivity index (χ2v) is 6.36. The Morgan fingerprint density at radius 2 is 2.16 bits per heavy atom. The van der Waals surface area contributed by atoms with Crippen molar-refractivity contribution in [3.8, 4) is 0 Å². The van der Waals surface area contributed by atoms with Gasteiger partial charge in [0.2, 0.25) is 5.89 Å². The van der Waals surface area contributed by atoms with Crippen LogP contribution < -0.4 is 10.9 Å². The van der Waals surface area contributed by atoms with Gasteiger partial charge in [0, 0.05) is 32.5 Å². The van der Waals surface area contributed by atoms with Crippen molar-refractivity contribution in [1.82, 2.24) is 25.9 Å². The van der Waals surface area contributed by atoms with E-state index in [2.05, 4.69) is 25.9 Å². The third kappa shape index (κ3) is 4.82. The summed E-state index contributed by atoms with van der Waals surface area (Å²) in [6.45, 7) is 2.85. The molecule has 2 unspecified atom stereocenters. The van der Waals surface area contributed by atoms with Crippen molar-refractivity contribution in [2.75, 3.05) is 33.9 Å². The highest BCUT2D eigenvalue weighted by molar-refractivity contribution is 5.21. The summed E-state index contributed by atoms with van der Waals surface area (Å²) in [6, 6.07) is 6.79. The van der Waals surface area contributed by atoms with E-state index in [4.69, 9.17) is 9.26 Å². The smallest absolute Gasteiger partial charge is 0.240 e. The highest BCUT2D eigenvalue weighted by Crippen LogP contribution is 2.25.